The molecule has 0 aliphatic rings. The molecule has 10 nitrogen and oxygen atoms in total. The summed E-state index contributed by atoms with van der Waals surface area (Å²) in [5.74, 6) is 1.98. The smallest absolute Gasteiger partial charge is 0.324 e. The number of aromatic nitrogens is 6. The van der Waals surface area contributed by atoms with Crippen molar-refractivity contribution in [3.8, 4) is 0 Å². The van der Waals surface area contributed by atoms with Crippen LogP contribution in [0.2, 0.25) is 0 Å². The Labute approximate surface area is 182 Å². The summed E-state index contributed by atoms with van der Waals surface area (Å²) in [6.45, 7) is 5.81. The number of benzene rings is 1. The fraction of sp³-hybridized carbons (Fsp3) is 0.150. The summed E-state index contributed by atoms with van der Waals surface area (Å²) in [4.78, 5) is 28.9. The third kappa shape index (κ3) is 5.39. The quantitative estimate of drug-likeness (QED) is 0.283. The first-order valence-electron chi connectivity index (χ1n) is 9.44. The van der Waals surface area contributed by atoms with Crippen LogP contribution in [0.3, 0.4) is 0 Å². The molecule has 5 N–H and O–H groups in total. The van der Waals surface area contributed by atoms with Crippen molar-refractivity contribution in [1.82, 2.24) is 30.1 Å². The highest BCUT2D eigenvalue weighted by Gasteiger charge is 2.10. The second-order valence-corrected chi connectivity index (χ2v) is 7.86. The molecule has 158 valence electrons. The van der Waals surface area contributed by atoms with Gasteiger partial charge in [0.2, 0.25) is 0 Å². The molecule has 0 fully saturated rings. The van der Waals surface area contributed by atoms with E-state index in [9.17, 15) is 4.79 Å². The van der Waals surface area contributed by atoms with Crippen molar-refractivity contribution in [3.05, 3.63) is 59.8 Å². The van der Waals surface area contributed by atoms with E-state index in [-0.39, 0.29) is 6.03 Å². The standard InChI is InChI=1S/C20H21N9OS/c1-11-6-14(24-19(30)26-18-9-21-10-22-18)4-5-15(11)31-20-23-12(2)7-16(27-20)25-17-8-13(3)28-29-17/h4-10H,1-3H3,(H,21,22)(H2,24,26,30)(H2,23,25,27,28,29). The van der Waals surface area contributed by atoms with E-state index in [1.165, 1.54) is 24.3 Å². The maximum atomic E-state index is 12.1. The Balaban J connectivity index is 1.44. The summed E-state index contributed by atoms with van der Waals surface area (Å²) in [6, 6.07) is 9.10. The first-order valence-corrected chi connectivity index (χ1v) is 10.3. The summed E-state index contributed by atoms with van der Waals surface area (Å²) < 4.78 is 0. The molecule has 2 amide bonds. The molecule has 0 atom stereocenters. The Hall–Kier alpha value is -3.86. The van der Waals surface area contributed by atoms with Gasteiger partial charge in [-0.2, -0.15) is 5.10 Å². The lowest BCUT2D eigenvalue weighted by Gasteiger charge is -2.11. The number of rotatable bonds is 6. The number of anilines is 4. The molecule has 3 aromatic heterocycles. The van der Waals surface area contributed by atoms with Gasteiger partial charge in [-0.15, -0.1) is 0 Å². The van der Waals surface area contributed by atoms with Gasteiger partial charge in [-0.05, 0) is 56.3 Å². The Morgan fingerprint density at radius 3 is 2.58 bits per heavy atom. The summed E-state index contributed by atoms with van der Waals surface area (Å²) in [5.41, 5.74) is 3.42. The Morgan fingerprint density at radius 1 is 1.00 bits per heavy atom. The average Bonchev–Trinajstić information content (AvgIpc) is 3.35. The second-order valence-electron chi connectivity index (χ2n) is 6.85. The zero-order valence-corrected chi connectivity index (χ0v) is 18.0. The minimum absolute atomic E-state index is 0.351. The van der Waals surface area contributed by atoms with E-state index in [1.807, 2.05) is 51.1 Å². The van der Waals surface area contributed by atoms with Gasteiger partial charge in [0.1, 0.15) is 17.5 Å². The normalized spacial score (nSPS) is 10.7. The number of hydrogen-bond acceptors (Lipinski definition) is 7. The van der Waals surface area contributed by atoms with Gasteiger partial charge in [0.25, 0.3) is 0 Å². The van der Waals surface area contributed by atoms with Crippen LogP contribution in [-0.2, 0) is 0 Å². The lowest BCUT2D eigenvalue weighted by Crippen LogP contribution is -2.19. The van der Waals surface area contributed by atoms with Crippen molar-refractivity contribution in [1.29, 1.82) is 0 Å². The highest BCUT2D eigenvalue weighted by atomic mass is 32.2. The van der Waals surface area contributed by atoms with Crippen LogP contribution < -0.4 is 16.0 Å². The molecule has 0 aliphatic carbocycles. The topological polar surface area (TPSA) is 136 Å². The van der Waals surface area contributed by atoms with Crippen LogP contribution in [0.1, 0.15) is 17.0 Å². The molecule has 4 rings (SSSR count). The Bertz CT molecular complexity index is 1200. The predicted molar refractivity (Wildman–Crippen MR) is 120 cm³/mol. The molecule has 0 radical (unpaired) electrons. The summed E-state index contributed by atoms with van der Waals surface area (Å²) in [6.07, 6.45) is 3.03. The molecule has 0 spiro atoms. The third-order valence-corrected chi connectivity index (χ3v) is 5.23. The first-order chi connectivity index (χ1) is 14.9. The largest absolute Gasteiger partial charge is 0.331 e. The summed E-state index contributed by atoms with van der Waals surface area (Å²) in [5, 5.41) is 16.3. The Kier molecular flexibility index (Phi) is 5.85. The predicted octanol–water partition coefficient (Wildman–Crippen LogP) is 4.39. The van der Waals surface area contributed by atoms with E-state index >= 15 is 0 Å². The lowest BCUT2D eigenvalue weighted by atomic mass is 10.2. The van der Waals surface area contributed by atoms with Crippen LogP contribution in [0.25, 0.3) is 0 Å². The van der Waals surface area contributed by atoms with E-state index in [1.54, 1.807) is 0 Å². The number of aromatic amines is 2. The number of nitrogens with zero attached hydrogens (tertiary/aromatic N) is 4. The number of nitrogens with one attached hydrogen (secondary N) is 5. The van der Waals surface area contributed by atoms with Gasteiger partial charge in [0, 0.05) is 28.4 Å². The SMILES string of the molecule is Cc1cc(Nc2cc(C)nc(Sc3ccc(NC(=O)Nc4cnc[nH]4)cc3C)n2)[nH]n1. The van der Waals surface area contributed by atoms with Crippen LogP contribution >= 0.6 is 11.8 Å². The molecule has 0 bridgehead atoms. The summed E-state index contributed by atoms with van der Waals surface area (Å²) >= 11 is 1.46. The van der Waals surface area contributed by atoms with Gasteiger partial charge in [-0.1, -0.05) is 0 Å². The van der Waals surface area contributed by atoms with Crippen molar-refractivity contribution in [2.75, 3.05) is 16.0 Å². The highest BCUT2D eigenvalue weighted by molar-refractivity contribution is 7.99. The number of carbonyl (C=O) groups excluding carboxylic acids is 1. The van der Waals surface area contributed by atoms with Gasteiger partial charge >= 0.3 is 6.03 Å². The van der Waals surface area contributed by atoms with Gasteiger partial charge in [0.15, 0.2) is 5.16 Å². The van der Waals surface area contributed by atoms with Crippen LogP contribution in [0, 0.1) is 20.8 Å². The fourth-order valence-corrected chi connectivity index (χ4v) is 3.71. The van der Waals surface area contributed by atoms with E-state index in [4.69, 9.17) is 0 Å². The highest BCUT2D eigenvalue weighted by Crippen LogP contribution is 2.30. The average molecular weight is 436 g/mol. The van der Waals surface area contributed by atoms with Crippen molar-refractivity contribution in [2.45, 2.75) is 30.8 Å². The van der Waals surface area contributed by atoms with Crippen LogP contribution in [0.5, 0.6) is 0 Å². The minimum atomic E-state index is -0.351. The number of urea groups is 1. The zero-order chi connectivity index (χ0) is 21.8. The second kappa shape index (κ2) is 8.88. The van der Waals surface area contributed by atoms with Gasteiger partial charge in [0.05, 0.1) is 18.2 Å². The monoisotopic (exact) mass is 435 g/mol. The van der Waals surface area contributed by atoms with Gasteiger partial charge in [-0.25, -0.2) is 19.7 Å². The molecule has 1 aromatic carbocycles. The van der Waals surface area contributed by atoms with E-state index in [0.29, 0.717) is 22.5 Å². The number of aryl methyl sites for hydroxylation is 3. The fourth-order valence-electron chi connectivity index (χ4n) is 2.82. The molecule has 0 saturated heterocycles. The van der Waals surface area contributed by atoms with E-state index < -0.39 is 0 Å². The van der Waals surface area contributed by atoms with Crippen molar-refractivity contribution < 1.29 is 4.79 Å². The third-order valence-electron chi connectivity index (χ3n) is 4.18. The van der Waals surface area contributed by atoms with Crippen LogP contribution in [0.4, 0.5) is 27.9 Å². The molecule has 4 aromatic rings. The van der Waals surface area contributed by atoms with Crippen LogP contribution in [0.15, 0.2) is 52.9 Å². The number of hydrogen-bond donors (Lipinski definition) is 5. The molecule has 11 heteroatoms. The number of carbonyl (C=O) groups is 1. The molecular weight excluding hydrogens is 414 g/mol. The summed E-state index contributed by atoms with van der Waals surface area (Å²) in [7, 11) is 0. The van der Waals surface area contributed by atoms with Crippen LogP contribution in [-0.4, -0.2) is 36.2 Å². The maximum Gasteiger partial charge on any atom is 0.324 e. The number of amides is 2. The number of H-pyrrole nitrogens is 2. The van der Waals surface area contributed by atoms with Gasteiger partial charge in [-0.3, -0.25) is 10.4 Å². The lowest BCUT2D eigenvalue weighted by molar-refractivity contribution is 0.262. The molecule has 0 unspecified atom stereocenters. The van der Waals surface area contributed by atoms with Gasteiger partial charge < -0.3 is 15.6 Å². The first kappa shape index (κ1) is 20.4. The van der Waals surface area contributed by atoms with E-state index in [0.717, 1.165) is 27.7 Å². The van der Waals surface area contributed by atoms with Crippen molar-refractivity contribution >= 4 is 40.9 Å². The molecule has 0 saturated carbocycles. The molecule has 3 heterocycles. The zero-order valence-electron chi connectivity index (χ0n) is 17.1. The minimum Gasteiger partial charge on any atom is -0.331 e. The van der Waals surface area contributed by atoms with Crippen molar-refractivity contribution in [3.63, 3.8) is 0 Å². The molecular formula is C20H21N9OS. The number of imidazole rings is 1. The molecule has 0 aliphatic heterocycles. The Morgan fingerprint density at radius 2 is 1.87 bits per heavy atom. The molecule has 31 heavy (non-hydrogen) atoms. The van der Waals surface area contributed by atoms with E-state index in [2.05, 4.69) is 46.1 Å². The van der Waals surface area contributed by atoms with Crippen molar-refractivity contribution in [2.24, 2.45) is 0 Å². The maximum absolute atomic E-state index is 12.1.